The lowest BCUT2D eigenvalue weighted by atomic mass is 9.99. The molecule has 4 nitrogen and oxygen atoms in total. The Kier molecular flexibility index (Phi) is 3.96. The number of aliphatic hydroxyl groups excluding tert-OH is 1. The van der Waals surface area contributed by atoms with Gasteiger partial charge in [0.2, 0.25) is 0 Å². The molecular formula is C21H18N2O2. The number of nitrogens with zero attached hydrogens (tertiary/aromatic N) is 2. The molecule has 0 aliphatic carbocycles. The first-order chi connectivity index (χ1) is 12.3. The van der Waals surface area contributed by atoms with Gasteiger partial charge in [0.05, 0.1) is 31.8 Å². The minimum absolute atomic E-state index is 0.0342. The third-order valence-electron chi connectivity index (χ3n) is 4.36. The Hall–Kier alpha value is -3.11. The monoisotopic (exact) mass is 330 g/mol. The van der Waals surface area contributed by atoms with Crippen LogP contribution in [0.5, 0.6) is 5.75 Å². The SMILES string of the molecule is COc1ccc(-c2cc(-c3cccc(CO)c3)cn3cncc23)cc1. The van der Waals surface area contributed by atoms with Crippen LogP contribution in [0.3, 0.4) is 0 Å². The van der Waals surface area contributed by atoms with Crippen LogP contribution in [0.1, 0.15) is 5.56 Å². The molecule has 0 amide bonds. The highest BCUT2D eigenvalue weighted by Crippen LogP contribution is 2.31. The fourth-order valence-electron chi connectivity index (χ4n) is 3.04. The third-order valence-corrected chi connectivity index (χ3v) is 4.36. The first-order valence-electron chi connectivity index (χ1n) is 8.09. The second-order valence-corrected chi connectivity index (χ2v) is 5.92. The molecular weight excluding hydrogens is 312 g/mol. The van der Waals surface area contributed by atoms with Gasteiger partial charge in [-0.1, -0.05) is 30.3 Å². The summed E-state index contributed by atoms with van der Waals surface area (Å²) in [5.41, 5.74) is 6.29. The standard InChI is InChI=1S/C21H18N2O2/c1-25-19-7-5-16(6-8-19)20-10-18(12-23-14-22-11-21(20)23)17-4-2-3-15(9-17)13-24/h2-12,14,24H,13H2,1H3. The Morgan fingerprint density at radius 2 is 1.84 bits per heavy atom. The number of ether oxygens (including phenoxy) is 1. The molecule has 0 saturated carbocycles. The maximum absolute atomic E-state index is 9.40. The van der Waals surface area contributed by atoms with E-state index in [0.717, 1.165) is 39.1 Å². The van der Waals surface area contributed by atoms with Gasteiger partial charge in [-0.3, -0.25) is 0 Å². The molecule has 4 rings (SSSR count). The number of aromatic nitrogens is 2. The fraction of sp³-hybridized carbons (Fsp3) is 0.0952. The molecule has 25 heavy (non-hydrogen) atoms. The highest BCUT2D eigenvalue weighted by molar-refractivity contribution is 5.84. The van der Waals surface area contributed by atoms with E-state index in [4.69, 9.17) is 4.74 Å². The molecule has 0 saturated heterocycles. The van der Waals surface area contributed by atoms with Crippen molar-refractivity contribution in [3.63, 3.8) is 0 Å². The lowest BCUT2D eigenvalue weighted by Crippen LogP contribution is -1.91. The van der Waals surface area contributed by atoms with E-state index in [0.29, 0.717) is 0 Å². The molecule has 0 bridgehead atoms. The molecule has 4 aromatic rings. The predicted octanol–water partition coefficient (Wildman–Crippen LogP) is 4.17. The van der Waals surface area contributed by atoms with Crippen LogP contribution in [-0.4, -0.2) is 21.6 Å². The van der Waals surface area contributed by atoms with E-state index >= 15 is 0 Å². The zero-order chi connectivity index (χ0) is 17.2. The Bertz CT molecular complexity index is 1020. The summed E-state index contributed by atoms with van der Waals surface area (Å²) in [4.78, 5) is 4.29. The summed E-state index contributed by atoms with van der Waals surface area (Å²) in [6.45, 7) is 0.0342. The highest BCUT2D eigenvalue weighted by Gasteiger charge is 2.09. The molecule has 0 unspecified atom stereocenters. The molecule has 0 radical (unpaired) electrons. The van der Waals surface area contributed by atoms with Crippen LogP contribution in [-0.2, 0) is 6.61 Å². The molecule has 1 N–H and O–H groups in total. The van der Waals surface area contributed by atoms with Crippen molar-refractivity contribution in [2.45, 2.75) is 6.61 Å². The molecule has 2 aromatic carbocycles. The summed E-state index contributed by atoms with van der Waals surface area (Å²) in [5.74, 6) is 0.833. The fourth-order valence-corrected chi connectivity index (χ4v) is 3.04. The van der Waals surface area contributed by atoms with E-state index in [-0.39, 0.29) is 6.61 Å². The number of methoxy groups -OCH3 is 1. The van der Waals surface area contributed by atoms with Crippen molar-refractivity contribution < 1.29 is 9.84 Å². The molecule has 2 heterocycles. The van der Waals surface area contributed by atoms with Crippen molar-refractivity contribution in [2.24, 2.45) is 0 Å². The Labute approximate surface area is 146 Å². The quantitative estimate of drug-likeness (QED) is 0.611. The molecule has 2 aromatic heterocycles. The molecule has 0 aliphatic rings. The van der Waals surface area contributed by atoms with Crippen molar-refractivity contribution >= 4 is 5.52 Å². The maximum Gasteiger partial charge on any atom is 0.118 e. The van der Waals surface area contributed by atoms with Crippen LogP contribution in [0, 0.1) is 0 Å². The maximum atomic E-state index is 9.40. The van der Waals surface area contributed by atoms with E-state index in [2.05, 4.69) is 35.4 Å². The number of benzene rings is 2. The van der Waals surface area contributed by atoms with Crippen molar-refractivity contribution in [1.29, 1.82) is 0 Å². The van der Waals surface area contributed by atoms with Gasteiger partial charge in [0.25, 0.3) is 0 Å². The molecule has 4 heteroatoms. The van der Waals surface area contributed by atoms with Gasteiger partial charge in [-0.05, 0) is 46.5 Å². The molecule has 0 atom stereocenters. The number of aliphatic hydroxyl groups is 1. The Morgan fingerprint density at radius 3 is 2.60 bits per heavy atom. The topological polar surface area (TPSA) is 46.8 Å². The van der Waals surface area contributed by atoms with Gasteiger partial charge < -0.3 is 14.2 Å². The van der Waals surface area contributed by atoms with Crippen LogP contribution in [0.15, 0.2) is 73.3 Å². The highest BCUT2D eigenvalue weighted by atomic mass is 16.5. The number of fused-ring (bicyclic) bond motifs is 1. The molecule has 0 spiro atoms. The van der Waals surface area contributed by atoms with E-state index in [9.17, 15) is 5.11 Å². The first-order valence-corrected chi connectivity index (χ1v) is 8.09. The van der Waals surface area contributed by atoms with Gasteiger partial charge >= 0.3 is 0 Å². The van der Waals surface area contributed by atoms with Gasteiger partial charge in [-0.2, -0.15) is 0 Å². The first kappa shape index (κ1) is 15.4. The number of imidazole rings is 1. The summed E-state index contributed by atoms with van der Waals surface area (Å²) in [5, 5.41) is 9.40. The van der Waals surface area contributed by atoms with E-state index in [1.165, 1.54) is 0 Å². The Balaban J connectivity index is 1.89. The van der Waals surface area contributed by atoms with E-state index in [1.54, 1.807) is 7.11 Å². The van der Waals surface area contributed by atoms with E-state index in [1.807, 2.05) is 47.3 Å². The zero-order valence-corrected chi connectivity index (χ0v) is 13.9. The molecule has 0 aliphatic heterocycles. The van der Waals surface area contributed by atoms with Gasteiger partial charge in [-0.15, -0.1) is 0 Å². The van der Waals surface area contributed by atoms with Crippen molar-refractivity contribution in [1.82, 2.24) is 9.38 Å². The average molecular weight is 330 g/mol. The second kappa shape index (κ2) is 6.42. The van der Waals surface area contributed by atoms with Crippen LogP contribution in [0.4, 0.5) is 0 Å². The van der Waals surface area contributed by atoms with Gasteiger partial charge in [0.15, 0.2) is 0 Å². The van der Waals surface area contributed by atoms with Crippen molar-refractivity contribution in [3.8, 4) is 28.0 Å². The van der Waals surface area contributed by atoms with Gasteiger partial charge in [0, 0.05) is 11.8 Å². The minimum atomic E-state index is 0.0342. The number of hydrogen-bond donors (Lipinski definition) is 1. The van der Waals surface area contributed by atoms with Crippen LogP contribution < -0.4 is 4.74 Å². The minimum Gasteiger partial charge on any atom is -0.497 e. The smallest absolute Gasteiger partial charge is 0.118 e. The predicted molar refractivity (Wildman–Crippen MR) is 98.5 cm³/mol. The normalized spacial score (nSPS) is 11.0. The van der Waals surface area contributed by atoms with Gasteiger partial charge in [0.1, 0.15) is 5.75 Å². The summed E-state index contributed by atoms with van der Waals surface area (Å²) in [7, 11) is 1.67. The summed E-state index contributed by atoms with van der Waals surface area (Å²) >= 11 is 0. The van der Waals surface area contributed by atoms with E-state index < -0.39 is 0 Å². The third kappa shape index (κ3) is 2.88. The average Bonchev–Trinajstić information content (AvgIpc) is 3.16. The molecule has 0 fully saturated rings. The Morgan fingerprint density at radius 1 is 1.00 bits per heavy atom. The van der Waals surface area contributed by atoms with Crippen molar-refractivity contribution in [3.05, 3.63) is 78.9 Å². The lowest BCUT2D eigenvalue weighted by Gasteiger charge is -2.11. The zero-order valence-electron chi connectivity index (χ0n) is 13.9. The van der Waals surface area contributed by atoms with Crippen molar-refractivity contribution in [2.75, 3.05) is 7.11 Å². The summed E-state index contributed by atoms with van der Waals surface area (Å²) < 4.78 is 7.28. The lowest BCUT2D eigenvalue weighted by molar-refractivity contribution is 0.282. The number of pyridine rings is 1. The van der Waals surface area contributed by atoms with Crippen LogP contribution in [0.2, 0.25) is 0 Å². The summed E-state index contributed by atoms with van der Waals surface area (Å²) in [6, 6.07) is 18.1. The number of rotatable bonds is 4. The molecule has 124 valence electrons. The largest absolute Gasteiger partial charge is 0.497 e. The van der Waals surface area contributed by atoms with Gasteiger partial charge in [-0.25, -0.2) is 4.98 Å². The van der Waals surface area contributed by atoms with Crippen LogP contribution in [0.25, 0.3) is 27.8 Å². The second-order valence-electron chi connectivity index (χ2n) is 5.92. The number of hydrogen-bond acceptors (Lipinski definition) is 3. The van der Waals surface area contributed by atoms with Crippen LogP contribution >= 0.6 is 0 Å². The summed E-state index contributed by atoms with van der Waals surface area (Å²) in [6.07, 6.45) is 5.74.